The SMILES string of the molecule is CN(Cc1cnn(-c2ccccc2)c1)C(=O)C1CC(F)(F)CN1.Cl. The number of aromatic nitrogens is 2. The first-order chi connectivity index (χ1) is 10.9. The van der Waals surface area contributed by atoms with Crippen molar-refractivity contribution in [2.75, 3.05) is 13.6 Å². The minimum Gasteiger partial charge on any atom is -0.340 e. The first-order valence-electron chi connectivity index (χ1n) is 7.40. The van der Waals surface area contributed by atoms with Gasteiger partial charge < -0.3 is 4.90 Å². The molecule has 2 heterocycles. The molecule has 0 radical (unpaired) electrons. The number of likely N-dealkylation sites (N-methyl/N-ethyl adjacent to an activating group) is 1. The second-order valence-electron chi connectivity index (χ2n) is 5.82. The molecule has 1 aliphatic rings. The molecule has 0 spiro atoms. The summed E-state index contributed by atoms with van der Waals surface area (Å²) in [6, 6.07) is 8.78. The highest BCUT2D eigenvalue weighted by molar-refractivity contribution is 5.85. The summed E-state index contributed by atoms with van der Waals surface area (Å²) in [4.78, 5) is 13.7. The number of hydrogen-bond donors (Lipinski definition) is 1. The lowest BCUT2D eigenvalue weighted by Gasteiger charge is -2.20. The van der Waals surface area contributed by atoms with Crippen molar-refractivity contribution >= 4 is 18.3 Å². The van der Waals surface area contributed by atoms with Crippen LogP contribution >= 0.6 is 12.4 Å². The van der Waals surface area contributed by atoms with Crippen LogP contribution in [0.2, 0.25) is 0 Å². The summed E-state index contributed by atoms with van der Waals surface area (Å²) in [6.45, 7) is -0.112. The van der Waals surface area contributed by atoms with Gasteiger partial charge in [-0.1, -0.05) is 18.2 Å². The molecule has 5 nitrogen and oxygen atoms in total. The fraction of sp³-hybridized carbons (Fsp3) is 0.375. The van der Waals surface area contributed by atoms with Crippen LogP contribution in [0.25, 0.3) is 5.69 Å². The lowest BCUT2D eigenvalue weighted by Crippen LogP contribution is -2.41. The van der Waals surface area contributed by atoms with Crippen LogP contribution in [0.15, 0.2) is 42.7 Å². The van der Waals surface area contributed by atoms with Gasteiger partial charge in [-0.25, -0.2) is 13.5 Å². The van der Waals surface area contributed by atoms with E-state index in [1.807, 2.05) is 36.5 Å². The molecule has 8 heteroatoms. The van der Waals surface area contributed by atoms with Gasteiger partial charge in [0.2, 0.25) is 5.91 Å². The Balaban J connectivity index is 0.00000208. The molecule has 24 heavy (non-hydrogen) atoms. The van der Waals surface area contributed by atoms with Crippen LogP contribution in [0.5, 0.6) is 0 Å². The Morgan fingerprint density at radius 1 is 1.42 bits per heavy atom. The summed E-state index contributed by atoms with van der Waals surface area (Å²) in [5, 5.41) is 6.84. The molecular weight excluding hydrogens is 338 g/mol. The molecule has 0 aliphatic carbocycles. The lowest BCUT2D eigenvalue weighted by atomic mass is 10.1. The van der Waals surface area contributed by atoms with Gasteiger partial charge in [-0.15, -0.1) is 12.4 Å². The minimum atomic E-state index is -2.81. The highest BCUT2D eigenvalue weighted by Gasteiger charge is 2.43. The molecule has 1 aromatic heterocycles. The van der Waals surface area contributed by atoms with Crippen molar-refractivity contribution in [1.82, 2.24) is 20.0 Å². The number of halogens is 3. The monoisotopic (exact) mass is 356 g/mol. The number of alkyl halides is 2. The van der Waals surface area contributed by atoms with Crippen LogP contribution in [0, 0.1) is 0 Å². The molecule has 0 bridgehead atoms. The van der Waals surface area contributed by atoms with Crippen molar-refractivity contribution in [2.45, 2.75) is 24.9 Å². The molecule has 3 rings (SSSR count). The van der Waals surface area contributed by atoms with E-state index in [-0.39, 0.29) is 18.3 Å². The van der Waals surface area contributed by atoms with Crippen molar-refractivity contribution in [3.05, 3.63) is 48.3 Å². The lowest BCUT2D eigenvalue weighted by molar-refractivity contribution is -0.132. The topological polar surface area (TPSA) is 50.2 Å². The maximum absolute atomic E-state index is 13.2. The highest BCUT2D eigenvalue weighted by Crippen LogP contribution is 2.26. The quantitative estimate of drug-likeness (QED) is 0.914. The fourth-order valence-corrected chi connectivity index (χ4v) is 2.67. The van der Waals surface area contributed by atoms with Gasteiger partial charge in [-0.2, -0.15) is 5.10 Å². The molecule has 0 saturated carbocycles. The molecule has 130 valence electrons. The third kappa shape index (κ3) is 4.10. The maximum Gasteiger partial charge on any atom is 0.262 e. The average molecular weight is 357 g/mol. The zero-order valence-corrected chi connectivity index (χ0v) is 14.0. The van der Waals surface area contributed by atoms with Crippen LogP contribution in [0.4, 0.5) is 8.78 Å². The van der Waals surface area contributed by atoms with Gasteiger partial charge >= 0.3 is 0 Å². The van der Waals surface area contributed by atoms with Gasteiger partial charge in [0.1, 0.15) is 0 Å². The number of para-hydroxylation sites is 1. The van der Waals surface area contributed by atoms with E-state index in [4.69, 9.17) is 0 Å². The Kier molecular flexibility index (Phi) is 5.56. The smallest absolute Gasteiger partial charge is 0.262 e. The second-order valence-corrected chi connectivity index (χ2v) is 5.82. The van der Waals surface area contributed by atoms with E-state index >= 15 is 0 Å². The van der Waals surface area contributed by atoms with Crippen LogP contribution < -0.4 is 5.32 Å². The summed E-state index contributed by atoms with van der Waals surface area (Å²) >= 11 is 0. The van der Waals surface area contributed by atoms with E-state index in [0.29, 0.717) is 6.54 Å². The normalized spacial score (nSPS) is 18.9. The van der Waals surface area contributed by atoms with Gasteiger partial charge in [-0.05, 0) is 12.1 Å². The van der Waals surface area contributed by atoms with Gasteiger partial charge in [0, 0.05) is 31.8 Å². The van der Waals surface area contributed by atoms with Crippen molar-refractivity contribution in [1.29, 1.82) is 0 Å². The third-order valence-corrected chi connectivity index (χ3v) is 3.86. The zero-order chi connectivity index (χ0) is 16.4. The summed E-state index contributed by atoms with van der Waals surface area (Å²) in [7, 11) is 1.61. The predicted molar refractivity (Wildman–Crippen MR) is 88.6 cm³/mol. The number of nitrogens with zero attached hydrogens (tertiary/aromatic N) is 3. The van der Waals surface area contributed by atoms with E-state index in [0.717, 1.165) is 11.3 Å². The molecule has 1 aliphatic heterocycles. The van der Waals surface area contributed by atoms with Gasteiger partial charge in [0.05, 0.1) is 24.5 Å². The highest BCUT2D eigenvalue weighted by atomic mass is 35.5. The summed E-state index contributed by atoms with van der Waals surface area (Å²) in [5.41, 5.74) is 1.76. The Morgan fingerprint density at radius 2 is 2.12 bits per heavy atom. The Bertz CT molecular complexity index is 692. The van der Waals surface area contributed by atoms with Gasteiger partial charge in [-0.3, -0.25) is 10.1 Å². The Labute approximate surface area is 145 Å². The molecule has 2 aromatic rings. The number of carbonyl (C=O) groups is 1. The average Bonchev–Trinajstić information content (AvgIpc) is 3.14. The standard InChI is InChI=1S/C16H18F2N4O.ClH/c1-21(15(23)14-7-16(17,18)11-19-14)9-12-8-20-22(10-12)13-5-3-2-4-6-13;/h2-6,8,10,14,19H,7,9,11H2,1H3;1H. The molecule has 1 amide bonds. The van der Waals surface area contributed by atoms with Gasteiger partial charge in [0.15, 0.2) is 0 Å². The van der Waals surface area contributed by atoms with E-state index < -0.39 is 24.9 Å². The number of rotatable bonds is 4. The number of benzene rings is 1. The minimum absolute atomic E-state index is 0. The summed E-state index contributed by atoms with van der Waals surface area (Å²) in [5.74, 6) is -3.13. The molecule has 1 N–H and O–H groups in total. The largest absolute Gasteiger partial charge is 0.340 e. The third-order valence-electron chi connectivity index (χ3n) is 3.86. The van der Waals surface area contributed by atoms with Crippen LogP contribution in [0.3, 0.4) is 0 Å². The maximum atomic E-state index is 13.2. The first-order valence-corrected chi connectivity index (χ1v) is 7.40. The van der Waals surface area contributed by atoms with Crippen molar-refractivity contribution in [3.8, 4) is 5.69 Å². The van der Waals surface area contributed by atoms with E-state index in [2.05, 4.69) is 10.4 Å². The molecule has 1 saturated heterocycles. The van der Waals surface area contributed by atoms with Crippen molar-refractivity contribution in [2.24, 2.45) is 0 Å². The van der Waals surface area contributed by atoms with Crippen LogP contribution in [-0.4, -0.2) is 46.1 Å². The molecule has 1 aromatic carbocycles. The van der Waals surface area contributed by atoms with Crippen molar-refractivity contribution in [3.63, 3.8) is 0 Å². The van der Waals surface area contributed by atoms with Crippen molar-refractivity contribution < 1.29 is 13.6 Å². The second kappa shape index (κ2) is 7.27. The van der Waals surface area contributed by atoms with E-state index in [1.165, 1.54) is 4.90 Å². The fourth-order valence-electron chi connectivity index (χ4n) is 2.67. The molecule has 1 fully saturated rings. The first kappa shape index (κ1) is 18.4. The number of amides is 1. The molecule has 1 unspecified atom stereocenters. The summed E-state index contributed by atoms with van der Waals surface area (Å²) < 4.78 is 28.1. The Hall–Kier alpha value is -1.99. The number of carbonyl (C=O) groups excluding carboxylic acids is 1. The van der Waals surface area contributed by atoms with Crippen LogP contribution in [-0.2, 0) is 11.3 Å². The zero-order valence-electron chi connectivity index (χ0n) is 13.2. The van der Waals surface area contributed by atoms with E-state index in [1.54, 1.807) is 17.9 Å². The van der Waals surface area contributed by atoms with E-state index in [9.17, 15) is 13.6 Å². The Morgan fingerprint density at radius 3 is 2.75 bits per heavy atom. The number of hydrogen-bond acceptors (Lipinski definition) is 3. The summed E-state index contributed by atoms with van der Waals surface area (Å²) in [6.07, 6.45) is 3.06. The number of nitrogens with one attached hydrogen (secondary N) is 1. The van der Waals surface area contributed by atoms with Crippen LogP contribution in [0.1, 0.15) is 12.0 Å². The predicted octanol–water partition coefficient (Wildman–Crippen LogP) is 2.25. The molecular formula is C16H19ClF2N4O. The molecule has 1 atom stereocenters. The van der Waals surface area contributed by atoms with Gasteiger partial charge in [0.25, 0.3) is 5.92 Å².